The first-order chi connectivity index (χ1) is 10.3. The van der Waals surface area contributed by atoms with Crippen LogP contribution in [0.15, 0.2) is 53.0 Å². The molecule has 21 heavy (non-hydrogen) atoms. The summed E-state index contributed by atoms with van der Waals surface area (Å²) in [4.78, 5) is 0. The zero-order chi connectivity index (χ0) is 14.3. The van der Waals surface area contributed by atoms with Crippen LogP contribution in [0.5, 0.6) is 0 Å². The van der Waals surface area contributed by atoms with E-state index >= 15 is 0 Å². The van der Waals surface area contributed by atoms with Gasteiger partial charge in [0.05, 0.1) is 24.9 Å². The Hall–Kier alpha value is -1.16. The Balaban J connectivity index is 1.66. The van der Waals surface area contributed by atoms with Gasteiger partial charge in [0.15, 0.2) is 0 Å². The van der Waals surface area contributed by atoms with Gasteiger partial charge in [-0.25, -0.2) is 0 Å². The van der Waals surface area contributed by atoms with Crippen LogP contribution < -0.4 is 0 Å². The van der Waals surface area contributed by atoms with Crippen molar-refractivity contribution in [1.29, 1.82) is 0 Å². The lowest BCUT2D eigenvalue weighted by Gasteiger charge is -2.38. The molecule has 0 N–H and O–H groups in total. The SMILES string of the molecule is Brc1ccc([C@@H]2C[C@]3(CCO2)OCc2ccccc23)cc1. The molecular formula is C18H17BrO2. The van der Waals surface area contributed by atoms with Gasteiger partial charge in [-0.1, -0.05) is 52.3 Å². The molecule has 0 bridgehead atoms. The standard InChI is InChI=1S/C18H17BrO2/c19-15-7-5-13(6-8-15)17-11-18(9-10-20-17)16-4-2-1-3-14(16)12-21-18/h1-8,17H,9-12H2/t17-,18-/m0/s1. The molecule has 0 radical (unpaired) electrons. The van der Waals surface area contributed by atoms with Gasteiger partial charge in [-0.15, -0.1) is 0 Å². The minimum atomic E-state index is -0.160. The fraction of sp³-hybridized carbons (Fsp3) is 0.333. The fourth-order valence-corrected chi connectivity index (χ4v) is 3.74. The van der Waals surface area contributed by atoms with E-state index in [9.17, 15) is 0 Å². The first-order valence-electron chi connectivity index (χ1n) is 7.36. The van der Waals surface area contributed by atoms with Crippen molar-refractivity contribution in [2.75, 3.05) is 6.61 Å². The van der Waals surface area contributed by atoms with E-state index < -0.39 is 0 Å². The van der Waals surface area contributed by atoms with Gasteiger partial charge in [0.1, 0.15) is 0 Å². The molecular weight excluding hydrogens is 328 g/mol. The summed E-state index contributed by atoms with van der Waals surface area (Å²) in [5, 5.41) is 0. The molecule has 1 saturated heterocycles. The molecule has 4 rings (SSSR count). The van der Waals surface area contributed by atoms with Crippen LogP contribution in [0.1, 0.15) is 35.6 Å². The quantitative estimate of drug-likeness (QED) is 0.744. The van der Waals surface area contributed by atoms with E-state index in [1.165, 1.54) is 16.7 Å². The molecule has 0 saturated carbocycles. The summed E-state index contributed by atoms with van der Waals surface area (Å²) in [6.07, 6.45) is 1.95. The third-order valence-corrected chi connectivity index (χ3v) is 5.12. The average Bonchev–Trinajstić information content (AvgIpc) is 2.87. The normalized spacial score (nSPS) is 27.8. The lowest BCUT2D eigenvalue weighted by molar-refractivity contribution is -0.138. The molecule has 2 heterocycles. The third kappa shape index (κ3) is 2.33. The summed E-state index contributed by atoms with van der Waals surface area (Å²) >= 11 is 3.49. The maximum Gasteiger partial charge on any atom is 0.0989 e. The molecule has 2 aromatic rings. The van der Waals surface area contributed by atoms with Gasteiger partial charge in [0.25, 0.3) is 0 Å². The Bertz CT molecular complexity index is 649. The summed E-state index contributed by atoms with van der Waals surface area (Å²) in [7, 11) is 0. The monoisotopic (exact) mass is 344 g/mol. The minimum absolute atomic E-state index is 0.109. The molecule has 0 aliphatic carbocycles. The van der Waals surface area contributed by atoms with Crippen molar-refractivity contribution in [3.63, 3.8) is 0 Å². The van der Waals surface area contributed by atoms with Gasteiger partial charge in [-0.3, -0.25) is 0 Å². The topological polar surface area (TPSA) is 18.5 Å². The predicted molar refractivity (Wildman–Crippen MR) is 85.0 cm³/mol. The van der Waals surface area contributed by atoms with Crippen LogP contribution in [0.3, 0.4) is 0 Å². The highest BCUT2D eigenvalue weighted by Crippen LogP contribution is 2.48. The highest BCUT2D eigenvalue weighted by atomic mass is 79.9. The van der Waals surface area contributed by atoms with Crippen molar-refractivity contribution < 1.29 is 9.47 Å². The van der Waals surface area contributed by atoms with E-state index in [0.717, 1.165) is 30.5 Å². The molecule has 2 aromatic carbocycles. The van der Waals surface area contributed by atoms with Gasteiger partial charge in [-0.2, -0.15) is 0 Å². The summed E-state index contributed by atoms with van der Waals surface area (Å²) in [5.41, 5.74) is 3.75. The van der Waals surface area contributed by atoms with Crippen molar-refractivity contribution in [2.45, 2.75) is 31.2 Å². The van der Waals surface area contributed by atoms with Crippen LogP contribution in [0.4, 0.5) is 0 Å². The van der Waals surface area contributed by atoms with E-state index in [2.05, 4.69) is 64.5 Å². The van der Waals surface area contributed by atoms with Crippen molar-refractivity contribution in [1.82, 2.24) is 0 Å². The van der Waals surface area contributed by atoms with E-state index in [1.807, 2.05) is 0 Å². The second kappa shape index (κ2) is 5.24. The zero-order valence-corrected chi connectivity index (χ0v) is 13.3. The lowest BCUT2D eigenvalue weighted by Crippen LogP contribution is -2.35. The van der Waals surface area contributed by atoms with Crippen LogP contribution in [0.2, 0.25) is 0 Å². The largest absolute Gasteiger partial charge is 0.373 e. The number of fused-ring (bicyclic) bond motifs is 2. The van der Waals surface area contributed by atoms with Crippen LogP contribution >= 0.6 is 15.9 Å². The Morgan fingerprint density at radius 1 is 1.05 bits per heavy atom. The summed E-state index contributed by atoms with van der Waals surface area (Å²) in [6, 6.07) is 17.0. The molecule has 0 amide bonds. The number of rotatable bonds is 1. The average molecular weight is 345 g/mol. The molecule has 1 fully saturated rings. The maximum absolute atomic E-state index is 6.24. The van der Waals surface area contributed by atoms with Crippen molar-refractivity contribution in [3.05, 3.63) is 69.7 Å². The molecule has 2 atom stereocenters. The summed E-state index contributed by atoms with van der Waals surface area (Å²) in [6.45, 7) is 1.47. The Morgan fingerprint density at radius 3 is 2.71 bits per heavy atom. The molecule has 2 aliphatic heterocycles. The highest BCUT2D eigenvalue weighted by Gasteiger charge is 2.44. The third-order valence-electron chi connectivity index (χ3n) is 4.59. The van der Waals surface area contributed by atoms with E-state index in [-0.39, 0.29) is 11.7 Å². The van der Waals surface area contributed by atoms with Crippen molar-refractivity contribution in [2.24, 2.45) is 0 Å². The molecule has 0 aromatic heterocycles. The van der Waals surface area contributed by atoms with Crippen LogP contribution in [-0.4, -0.2) is 6.61 Å². The molecule has 0 unspecified atom stereocenters. The molecule has 3 heteroatoms. The number of halogens is 1. The van der Waals surface area contributed by atoms with Crippen LogP contribution in [0, 0.1) is 0 Å². The lowest BCUT2D eigenvalue weighted by atomic mass is 9.81. The number of hydrogen-bond donors (Lipinski definition) is 0. The summed E-state index contributed by atoms with van der Waals surface area (Å²) in [5.74, 6) is 0. The van der Waals surface area contributed by atoms with E-state index in [4.69, 9.17) is 9.47 Å². The first-order valence-corrected chi connectivity index (χ1v) is 8.16. The number of ether oxygens (including phenoxy) is 2. The first kappa shape index (κ1) is 13.5. The molecule has 1 spiro atoms. The van der Waals surface area contributed by atoms with Crippen LogP contribution in [0.25, 0.3) is 0 Å². The Labute approximate surface area is 133 Å². The van der Waals surface area contributed by atoms with E-state index in [0.29, 0.717) is 0 Å². The maximum atomic E-state index is 6.24. The van der Waals surface area contributed by atoms with Gasteiger partial charge >= 0.3 is 0 Å². The number of benzene rings is 2. The highest BCUT2D eigenvalue weighted by molar-refractivity contribution is 9.10. The second-order valence-corrected chi connectivity index (χ2v) is 6.72. The minimum Gasteiger partial charge on any atom is -0.373 e. The fourth-order valence-electron chi connectivity index (χ4n) is 3.48. The second-order valence-electron chi connectivity index (χ2n) is 5.81. The van der Waals surface area contributed by atoms with Gasteiger partial charge in [-0.05, 0) is 28.8 Å². The molecule has 2 nitrogen and oxygen atoms in total. The van der Waals surface area contributed by atoms with Crippen molar-refractivity contribution >= 4 is 15.9 Å². The van der Waals surface area contributed by atoms with Gasteiger partial charge in [0.2, 0.25) is 0 Å². The van der Waals surface area contributed by atoms with Gasteiger partial charge < -0.3 is 9.47 Å². The zero-order valence-electron chi connectivity index (χ0n) is 11.7. The van der Waals surface area contributed by atoms with Crippen molar-refractivity contribution in [3.8, 4) is 0 Å². The smallest absolute Gasteiger partial charge is 0.0989 e. The summed E-state index contributed by atoms with van der Waals surface area (Å²) < 4.78 is 13.3. The number of hydrogen-bond acceptors (Lipinski definition) is 2. The van der Waals surface area contributed by atoms with Gasteiger partial charge in [0, 0.05) is 17.3 Å². The Kier molecular flexibility index (Phi) is 3.37. The van der Waals surface area contributed by atoms with Crippen LogP contribution in [-0.2, 0) is 21.7 Å². The molecule has 2 aliphatic rings. The van der Waals surface area contributed by atoms with E-state index in [1.54, 1.807) is 0 Å². The Morgan fingerprint density at radius 2 is 1.86 bits per heavy atom. The molecule has 108 valence electrons. The predicted octanol–water partition coefficient (Wildman–Crippen LogP) is 4.73.